The fourth-order valence-electron chi connectivity index (χ4n) is 3.00. The Labute approximate surface area is 165 Å². The van der Waals surface area contributed by atoms with Crippen molar-refractivity contribution in [3.63, 3.8) is 0 Å². The van der Waals surface area contributed by atoms with E-state index in [4.69, 9.17) is 11.6 Å². The van der Waals surface area contributed by atoms with Crippen LogP contribution >= 0.6 is 11.6 Å². The number of likely N-dealkylation sites (tertiary alicyclic amines) is 1. The molecule has 1 aliphatic rings. The Hall–Kier alpha value is -2.03. The van der Waals surface area contributed by atoms with Crippen LogP contribution in [-0.2, 0) is 22.3 Å². The first kappa shape index (κ1) is 22.3. The molecule has 1 aromatic heterocycles. The second-order valence-corrected chi connectivity index (χ2v) is 8.30. The van der Waals surface area contributed by atoms with Gasteiger partial charge in [0.25, 0.3) is 5.56 Å². The lowest BCUT2D eigenvalue weighted by atomic mass is 9.93. The molecule has 0 atom stereocenters. The maximum Gasteiger partial charge on any atom is 0.417 e. The maximum atomic E-state index is 12.9. The van der Waals surface area contributed by atoms with E-state index in [1.165, 1.54) is 0 Å². The maximum absolute atomic E-state index is 12.9. The second-order valence-electron chi connectivity index (χ2n) is 7.89. The molecule has 0 spiro atoms. The van der Waals surface area contributed by atoms with Gasteiger partial charge in [-0.15, -0.1) is 0 Å². The third kappa shape index (κ3) is 5.50. The van der Waals surface area contributed by atoms with E-state index in [0.717, 1.165) is 0 Å². The summed E-state index contributed by atoms with van der Waals surface area (Å²) in [5, 5.41) is 2.11. The van der Waals surface area contributed by atoms with E-state index in [1.807, 2.05) is 20.8 Å². The van der Waals surface area contributed by atoms with Gasteiger partial charge in [0, 0.05) is 30.7 Å². The number of rotatable bonds is 3. The monoisotopic (exact) mass is 421 g/mol. The Morgan fingerprint density at radius 3 is 2.29 bits per heavy atom. The molecule has 2 rings (SSSR count). The number of aromatic nitrogens is 1. The van der Waals surface area contributed by atoms with Crippen LogP contribution in [0.2, 0.25) is 5.02 Å². The first-order valence-electron chi connectivity index (χ1n) is 8.85. The van der Waals surface area contributed by atoms with Gasteiger partial charge < -0.3 is 14.8 Å². The van der Waals surface area contributed by atoms with E-state index < -0.39 is 40.2 Å². The molecule has 1 saturated heterocycles. The van der Waals surface area contributed by atoms with Crippen molar-refractivity contribution in [1.82, 2.24) is 14.8 Å². The van der Waals surface area contributed by atoms with Gasteiger partial charge in [-0.3, -0.25) is 14.4 Å². The lowest BCUT2D eigenvalue weighted by Crippen LogP contribution is -2.50. The zero-order valence-electron chi connectivity index (χ0n) is 15.9. The van der Waals surface area contributed by atoms with Crippen molar-refractivity contribution in [3.8, 4) is 0 Å². The summed E-state index contributed by atoms with van der Waals surface area (Å²) in [6.07, 6.45) is -3.03. The van der Waals surface area contributed by atoms with Gasteiger partial charge in [-0.25, -0.2) is 0 Å². The number of piperidine rings is 1. The standard InChI is InChI=1S/C18H23ClF3N3O3/c1-17(2,3)16(28)24-6-4-12(5-7-24)23-14(26)10-25-9-11(18(20,21)22)8-13(19)15(25)27/h8-9,12H,4-7,10H2,1-3H3,(H,23,26). The van der Waals surface area contributed by atoms with E-state index in [9.17, 15) is 27.6 Å². The molecule has 0 radical (unpaired) electrons. The van der Waals surface area contributed by atoms with Crippen LogP contribution in [0.25, 0.3) is 0 Å². The molecule has 0 unspecified atom stereocenters. The number of alkyl halides is 3. The van der Waals surface area contributed by atoms with Crippen molar-refractivity contribution in [2.45, 2.75) is 52.4 Å². The molecule has 0 aromatic carbocycles. The smallest absolute Gasteiger partial charge is 0.352 e. The predicted octanol–water partition coefficient (Wildman–Crippen LogP) is 2.67. The van der Waals surface area contributed by atoms with Gasteiger partial charge in [-0.05, 0) is 18.9 Å². The van der Waals surface area contributed by atoms with Crippen molar-refractivity contribution < 1.29 is 22.8 Å². The summed E-state index contributed by atoms with van der Waals surface area (Å²) in [7, 11) is 0. The summed E-state index contributed by atoms with van der Waals surface area (Å²) in [6, 6.07) is 0.328. The molecule has 6 nitrogen and oxygen atoms in total. The highest BCUT2D eigenvalue weighted by atomic mass is 35.5. The number of halogens is 4. The molecule has 2 amide bonds. The molecule has 0 saturated carbocycles. The highest BCUT2D eigenvalue weighted by Gasteiger charge is 2.33. The minimum atomic E-state index is -4.68. The summed E-state index contributed by atoms with van der Waals surface area (Å²) < 4.78 is 39.3. The molecular weight excluding hydrogens is 399 g/mol. The van der Waals surface area contributed by atoms with Crippen molar-refractivity contribution in [3.05, 3.63) is 33.2 Å². The van der Waals surface area contributed by atoms with Crippen LogP contribution in [0.5, 0.6) is 0 Å². The lowest BCUT2D eigenvalue weighted by Gasteiger charge is -2.36. The predicted molar refractivity (Wildman–Crippen MR) is 97.9 cm³/mol. The molecule has 0 bridgehead atoms. The average Bonchev–Trinajstić information content (AvgIpc) is 2.57. The number of hydrogen-bond donors (Lipinski definition) is 1. The third-order valence-electron chi connectivity index (χ3n) is 4.47. The lowest BCUT2D eigenvalue weighted by molar-refractivity contribution is -0.141. The van der Waals surface area contributed by atoms with Gasteiger partial charge in [0.15, 0.2) is 0 Å². The van der Waals surface area contributed by atoms with Gasteiger partial charge in [0.05, 0.1) is 5.56 Å². The number of hydrogen-bond acceptors (Lipinski definition) is 3. The van der Waals surface area contributed by atoms with Gasteiger partial charge in [-0.2, -0.15) is 13.2 Å². The largest absolute Gasteiger partial charge is 0.417 e. The van der Waals surface area contributed by atoms with Gasteiger partial charge in [0.1, 0.15) is 11.6 Å². The molecule has 28 heavy (non-hydrogen) atoms. The molecule has 10 heteroatoms. The van der Waals surface area contributed by atoms with Crippen LogP contribution in [0.3, 0.4) is 0 Å². The van der Waals surface area contributed by atoms with Crippen LogP contribution in [0, 0.1) is 5.41 Å². The fraction of sp³-hybridized carbons (Fsp3) is 0.611. The summed E-state index contributed by atoms with van der Waals surface area (Å²) in [6.45, 7) is 5.90. The summed E-state index contributed by atoms with van der Waals surface area (Å²) in [4.78, 5) is 38.1. The van der Waals surface area contributed by atoms with E-state index in [2.05, 4.69) is 5.32 Å². The third-order valence-corrected chi connectivity index (χ3v) is 4.74. The Balaban J connectivity index is 1.98. The first-order chi connectivity index (χ1) is 12.8. The van der Waals surface area contributed by atoms with Crippen LogP contribution < -0.4 is 10.9 Å². The van der Waals surface area contributed by atoms with E-state index in [1.54, 1.807) is 4.90 Å². The number of carbonyl (C=O) groups excluding carboxylic acids is 2. The van der Waals surface area contributed by atoms with Gasteiger partial charge >= 0.3 is 6.18 Å². The molecule has 1 aromatic rings. The van der Waals surface area contributed by atoms with Crippen molar-refractivity contribution in [2.75, 3.05) is 13.1 Å². The van der Waals surface area contributed by atoms with Crippen LogP contribution in [0.4, 0.5) is 13.2 Å². The van der Waals surface area contributed by atoms with Crippen LogP contribution in [0.1, 0.15) is 39.2 Å². The van der Waals surface area contributed by atoms with Gasteiger partial charge in [0.2, 0.25) is 11.8 Å². The zero-order valence-corrected chi connectivity index (χ0v) is 16.7. The molecule has 2 heterocycles. The normalized spacial score (nSPS) is 16.2. The summed E-state index contributed by atoms with van der Waals surface area (Å²) in [5.74, 6) is -0.555. The van der Waals surface area contributed by atoms with Crippen molar-refractivity contribution in [1.29, 1.82) is 0 Å². The van der Waals surface area contributed by atoms with Gasteiger partial charge in [-0.1, -0.05) is 32.4 Å². The Kier molecular flexibility index (Phi) is 6.48. The fourth-order valence-corrected chi connectivity index (χ4v) is 3.23. The van der Waals surface area contributed by atoms with E-state index in [0.29, 0.717) is 42.8 Å². The highest BCUT2D eigenvalue weighted by molar-refractivity contribution is 6.30. The minimum absolute atomic E-state index is 0.0300. The molecule has 1 N–H and O–H groups in total. The SMILES string of the molecule is CC(C)(C)C(=O)N1CCC(NC(=O)Cn2cc(C(F)(F)F)cc(Cl)c2=O)CC1. The van der Waals surface area contributed by atoms with Crippen molar-refractivity contribution >= 4 is 23.4 Å². The number of amides is 2. The Morgan fingerprint density at radius 2 is 1.79 bits per heavy atom. The molecule has 0 aliphatic carbocycles. The summed E-state index contributed by atoms with van der Waals surface area (Å²) >= 11 is 5.58. The molecular formula is C18H23ClF3N3O3. The Morgan fingerprint density at radius 1 is 1.21 bits per heavy atom. The second kappa shape index (κ2) is 8.14. The quantitative estimate of drug-likeness (QED) is 0.815. The zero-order chi connectivity index (χ0) is 21.3. The van der Waals surface area contributed by atoms with E-state index in [-0.39, 0.29) is 11.9 Å². The highest BCUT2D eigenvalue weighted by Crippen LogP contribution is 2.29. The number of pyridine rings is 1. The minimum Gasteiger partial charge on any atom is -0.352 e. The Bertz CT molecular complexity index is 807. The molecule has 1 aliphatic heterocycles. The van der Waals surface area contributed by atoms with Crippen LogP contribution in [0.15, 0.2) is 17.1 Å². The van der Waals surface area contributed by atoms with Crippen molar-refractivity contribution in [2.24, 2.45) is 5.41 Å². The molecule has 1 fully saturated rings. The molecule has 156 valence electrons. The first-order valence-corrected chi connectivity index (χ1v) is 9.23. The number of nitrogens with one attached hydrogen (secondary N) is 1. The summed E-state index contributed by atoms with van der Waals surface area (Å²) in [5.41, 5.74) is -2.45. The van der Waals surface area contributed by atoms with E-state index >= 15 is 0 Å². The number of carbonyl (C=O) groups is 2. The van der Waals surface area contributed by atoms with Crippen LogP contribution in [-0.4, -0.2) is 40.4 Å². The topological polar surface area (TPSA) is 71.4 Å². The number of nitrogens with zero attached hydrogens (tertiary/aromatic N) is 2. The average molecular weight is 422 g/mol.